The van der Waals surface area contributed by atoms with Gasteiger partial charge in [-0.15, -0.1) is 11.3 Å². The average Bonchev–Trinajstić information content (AvgIpc) is 2.79. The zero-order valence-corrected chi connectivity index (χ0v) is 13.0. The number of aromatic nitrogens is 1. The van der Waals surface area contributed by atoms with Crippen molar-refractivity contribution in [3.63, 3.8) is 0 Å². The first-order chi connectivity index (χ1) is 9.45. The van der Waals surface area contributed by atoms with Crippen LogP contribution in [0, 0.1) is 20.8 Å². The molecule has 5 heteroatoms. The molecule has 4 nitrogen and oxygen atoms in total. The number of carbonyl (C=O) groups is 1. The van der Waals surface area contributed by atoms with E-state index >= 15 is 0 Å². The molecule has 0 aliphatic rings. The van der Waals surface area contributed by atoms with Gasteiger partial charge in [0.25, 0.3) is 0 Å². The summed E-state index contributed by atoms with van der Waals surface area (Å²) in [6, 6.07) is 5.84. The summed E-state index contributed by atoms with van der Waals surface area (Å²) < 4.78 is 0. The summed E-state index contributed by atoms with van der Waals surface area (Å²) in [4.78, 5) is 16.3. The fourth-order valence-corrected chi connectivity index (χ4v) is 2.51. The van der Waals surface area contributed by atoms with Crippen LogP contribution in [-0.4, -0.2) is 16.9 Å². The minimum atomic E-state index is -0.320. The highest BCUT2D eigenvalue weighted by Gasteiger charge is 2.15. The van der Waals surface area contributed by atoms with E-state index in [9.17, 15) is 4.79 Å². The number of rotatable bonds is 4. The molecule has 2 aromatic rings. The maximum Gasteiger partial charge on any atom is 0.248 e. The molecule has 0 spiro atoms. The number of thiazole rings is 1. The Morgan fingerprint density at radius 2 is 2.05 bits per heavy atom. The summed E-state index contributed by atoms with van der Waals surface area (Å²) >= 11 is 1.44. The van der Waals surface area contributed by atoms with Crippen LogP contribution < -0.4 is 10.6 Å². The Labute approximate surface area is 123 Å². The standard InChI is InChI=1S/C15H19N3OS/c1-9-5-6-10(2)13(7-9)17-12(4)14(19)18-15-16-11(3)8-20-15/h5-8,12,17H,1-4H3,(H,16,18,19)/t12-/m1/s1. The number of aryl methyl sites for hydroxylation is 3. The SMILES string of the molecule is Cc1ccc(C)c(N[C@H](C)C(=O)Nc2nc(C)cs2)c1. The minimum absolute atomic E-state index is 0.0831. The smallest absolute Gasteiger partial charge is 0.248 e. The molecule has 0 saturated heterocycles. The maximum absolute atomic E-state index is 12.1. The molecular formula is C15H19N3OS. The van der Waals surface area contributed by atoms with Crippen molar-refractivity contribution in [3.8, 4) is 0 Å². The highest BCUT2D eigenvalue weighted by molar-refractivity contribution is 7.13. The monoisotopic (exact) mass is 289 g/mol. The molecule has 1 atom stereocenters. The van der Waals surface area contributed by atoms with Gasteiger partial charge in [-0.1, -0.05) is 12.1 Å². The van der Waals surface area contributed by atoms with Crippen molar-refractivity contribution in [1.82, 2.24) is 4.98 Å². The third kappa shape index (κ3) is 3.57. The lowest BCUT2D eigenvalue weighted by molar-refractivity contribution is -0.116. The van der Waals surface area contributed by atoms with Gasteiger partial charge in [-0.2, -0.15) is 0 Å². The van der Waals surface area contributed by atoms with E-state index in [1.165, 1.54) is 16.9 Å². The Bertz CT molecular complexity index is 621. The van der Waals surface area contributed by atoms with Crippen LogP contribution in [-0.2, 0) is 4.79 Å². The number of hydrogen-bond donors (Lipinski definition) is 2. The van der Waals surface area contributed by atoms with Crippen molar-refractivity contribution in [1.29, 1.82) is 0 Å². The fourth-order valence-electron chi connectivity index (χ4n) is 1.82. The normalized spacial score (nSPS) is 12.0. The number of anilines is 2. The highest BCUT2D eigenvalue weighted by atomic mass is 32.1. The summed E-state index contributed by atoms with van der Waals surface area (Å²) in [5.74, 6) is -0.0831. The maximum atomic E-state index is 12.1. The third-order valence-electron chi connectivity index (χ3n) is 3.01. The molecule has 0 radical (unpaired) electrons. The Kier molecular flexibility index (Phi) is 4.39. The molecule has 1 aromatic carbocycles. The number of amides is 1. The predicted molar refractivity (Wildman–Crippen MR) is 84.5 cm³/mol. The number of nitrogens with zero attached hydrogens (tertiary/aromatic N) is 1. The van der Waals surface area contributed by atoms with E-state index in [2.05, 4.69) is 21.7 Å². The molecule has 2 rings (SSSR count). The highest BCUT2D eigenvalue weighted by Crippen LogP contribution is 2.18. The van der Waals surface area contributed by atoms with Crippen molar-refractivity contribution < 1.29 is 4.79 Å². The van der Waals surface area contributed by atoms with E-state index in [-0.39, 0.29) is 11.9 Å². The summed E-state index contributed by atoms with van der Waals surface area (Å²) in [5, 5.41) is 8.62. The van der Waals surface area contributed by atoms with E-state index in [0.717, 1.165) is 16.9 Å². The van der Waals surface area contributed by atoms with Gasteiger partial charge in [0.2, 0.25) is 5.91 Å². The molecule has 0 bridgehead atoms. The molecule has 0 aliphatic heterocycles. The number of benzene rings is 1. The lowest BCUT2D eigenvalue weighted by Gasteiger charge is -2.16. The second kappa shape index (κ2) is 6.05. The summed E-state index contributed by atoms with van der Waals surface area (Å²) in [6.07, 6.45) is 0. The van der Waals surface area contributed by atoms with Crippen LogP contribution in [0.15, 0.2) is 23.6 Å². The van der Waals surface area contributed by atoms with Crippen molar-refractivity contribution in [3.05, 3.63) is 40.4 Å². The number of hydrogen-bond acceptors (Lipinski definition) is 4. The van der Waals surface area contributed by atoms with Crippen molar-refractivity contribution in [2.24, 2.45) is 0 Å². The zero-order valence-electron chi connectivity index (χ0n) is 12.2. The summed E-state index contributed by atoms with van der Waals surface area (Å²) in [7, 11) is 0. The van der Waals surface area contributed by atoms with Crippen LogP contribution >= 0.6 is 11.3 Å². The van der Waals surface area contributed by atoms with Crippen LogP contribution in [0.4, 0.5) is 10.8 Å². The summed E-state index contributed by atoms with van der Waals surface area (Å²) in [6.45, 7) is 7.81. The third-order valence-corrected chi connectivity index (χ3v) is 3.88. The van der Waals surface area contributed by atoms with Crippen molar-refractivity contribution in [2.75, 3.05) is 10.6 Å². The van der Waals surface area contributed by atoms with E-state index in [4.69, 9.17) is 0 Å². The quantitative estimate of drug-likeness (QED) is 0.905. The van der Waals surface area contributed by atoms with Gasteiger partial charge < -0.3 is 10.6 Å². The van der Waals surface area contributed by atoms with E-state index in [1.54, 1.807) is 0 Å². The number of nitrogens with one attached hydrogen (secondary N) is 2. The predicted octanol–water partition coefficient (Wildman–Crippen LogP) is 3.51. The second-order valence-electron chi connectivity index (χ2n) is 4.97. The van der Waals surface area contributed by atoms with Crippen LogP contribution in [0.3, 0.4) is 0 Å². The van der Waals surface area contributed by atoms with Gasteiger partial charge in [0.15, 0.2) is 5.13 Å². The largest absolute Gasteiger partial charge is 0.374 e. The van der Waals surface area contributed by atoms with E-state index < -0.39 is 0 Å². The Hall–Kier alpha value is -1.88. The molecule has 20 heavy (non-hydrogen) atoms. The first-order valence-corrected chi connectivity index (χ1v) is 7.40. The molecule has 0 unspecified atom stereocenters. The Morgan fingerprint density at radius 3 is 2.70 bits per heavy atom. The molecule has 1 heterocycles. The van der Waals surface area contributed by atoms with Crippen LogP contribution in [0.2, 0.25) is 0 Å². The van der Waals surface area contributed by atoms with Gasteiger partial charge in [0, 0.05) is 11.1 Å². The van der Waals surface area contributed by atoms with Gasteiger partial charge in [0.1, 0.15) is 6.04 Å². The molecule has 0 fully saturated rings. The van der Waals surface area contributed by atoms with Crippen LogP contribution in [0.5, 0.6) is 0 Å². The first kappa shape index (κ1) is 14.5. The van der Waals surface area contributed by atoms with Crippen LogP contribution in [0.1, 0.15) is 23.7 Å². The zero-order chi connectivity index (χ0) is 14.7. The lowest BCUT2D eigenvalue weighted by atomic mass is 10.1. The van der Waals surface area contributed by atoms with E-state index in [0.29, 0.717) is 5.13 Å². The molecule has 1 amide bonds. The molecule has 0 saturated carbocycles. The number of carbonyl (C=O) groups excluding carboxylic acids is 1. The average molecular weight is 289 g/mol. The summed E-state index contributed by atoms with van der Waals surface area (Å²) in [5.41, 5.74) is 4.20. The molecule has 1 aromatic heterocycles. The molecule has 0 aliphatic carbocycles. The molecular weight excluding hydrogens is 270 g/mol. The van der Waals surface area contributed by atoms with Crippen molar-refractivity contribution in [2.45, 2.75) is 33.7 Å². The topological polar surface area (TPSA) is 54.0 Å². The minimum Gasteiger partial charge on any atom is -0.374 e. The van der Waals surface area contributed by atoms with Crippen molar-refractivity contribution >= 4 is 28.1 Å². The Morgan fingerprint density at radius 1 is 1.30 bits per heavy atom. The van der Waals surface area contributed by atoms with Gasteiger partial charge in [0.05, 0.1) is 5.69 Å². The second-order valence-corrected chi connectivity index (χ2v) is 5.83. The lowest BCUT2D eigenvalue weighted by Crippen LogP contribution is -2.32. The first-order valence-electron chi connectivity index (χ1n) is 6.52. The van der Waals surface area contributed by atoms with Gasteiger partial charge in [-0.05, 0) is 44.9 Å². The van der Waals surface area contributed by atoms with Gasteiger partial charge >= 0.3 is 0 Å². The van der Waals surface area contributed by atoms with Gasteiger partial charge in [-0.3, -0.25) is 4.79 Å². The Balaban J connectivity index is 2.02. The molecule has 2 N–H and O–H groups in total. The van der Waals surface area contributed by atoms with Gasteiger partial charge in [-0.25, -0.2) is 4.98 Å². The van der Waals surface area contributed by atoms with Crippen LogP contribution in [0.25, 0.3) is 0 Å². The fraction of sp³-hybridized carbons (Fsp3) is 0.333. The molecule has 106 valence electrons. The van der Waals surface area contributed by atoms with E-state index in [1.807, 2.05) is 45.2 Å².